The molecule has 0 atom stereocenters. The summed E-state index contributed by atoms with van der Waals surface area (Å²) in [6.07, 6.45) is 1.62. The average Bonchev–Trinajstić information content (AvgIpc) is 3.10. The van der Waals surface area contributed by atoms with Crippen LogP contribution in [-0.2, 0) is 11.8 Å². The molecule has 1 aromatic heterocycles. The molecule has 146 valence electrons. The van der Waals surface area contributed by atoms with Gasteiger partial charge in [-0.3, -0.25) is 19.1 Å². The van der Waals surface area contributed by atoms with Crippen LogP contribution in [-0.4, -0.2) is 20.5 Å². The van der Waals surface area contributed by atoms with Gasteiger partial charge >= 0.3 is 0 Å². The molecule has 0 aliphatic carbocycles. The van der Waals surface area contributed by atoms with Gasteiger partial charge in [-0.25, -0.2) is 9.58 Å². The Bertz CT molecular complexity index is 1210. The molecule has 0 bridgehead atoms. The quantitative estimate of drug-likeness (QED) is 0.584. The van der Waals surface area contributed by atoms with Crippen LogP contribution in [0, 0.1) is 6.92 Å². The molecule has 0 radical (unpaired) electrons. The minimum Gasteiger partial charge on any atom is -0.283 e. The number of hydrogen-bond donors (Lipinski definition) is 0. The zero-order chi connectivity index (χ0) is 20.7. The third-order valence-corrected chi connectivity index (χ3v) is 5.83. The molecule has 2 aromatic carbocycles. The van der Waals surface area contributed by atoms with Crippen molar-refractivity contribution in [2.75, 3.05) is 4.90 Å². The van der Waals surface area contributed by atoms with Gasteiger partial charge in [-0.05, 0) is 54.6 Å². The second-order valence-corrected chi connectivity index (χ2v) is 7.91. The van der Waals surface area contributed by atoms with Gasteiger partial charge in [0.25, 0.3) is 16.7 Å². The summed E-state index contributed by atoms with van der Waals surface area (Å²) >= 11 is 6.70. The number of imide groups is 1. The monoisotopic (exact) mass is 425 g/mol. The lowest BCUT2D eigenvalue weighted by Gasteiger charge is -2.10. The maximum Gasteiger partial charge on any atom is 0.298 e. The van der Waals surface area contributed by atoms with Crippen molar-refractivity contribution in [1.29, 1.82) is 0 Å². The van der Waals surface area contributed by atoms with Crippen molar-refractivity contribution in [3.05, 3.63) is 86.1 Å². The van der Waals surface area contributed by atoms with Crippen LogP contribution in [0.25, 0.3) is 11.8 Å². The Balaban J connectivity index is 1.78. The van der Waals surface area contributed by atoms with E-state index in [-0.39, 0.29) is 10.6 Å². The molecule has 3 aromatic rings. The maximum atomic E-state index is 13.1. The second kappa shape index (κ2) is 7.42. The van der Waals surface area contributed by atoms with Crippen LogP contribution < -0.4 is 10.5 Å². The highest BCUT2D eigenvalue weighted by atomic mass is 35.5. The van der Waals surface area contributed by atoms with Gasteiger partial charge in [0.1, 0.15) is 5.69 Å². The Labute approximate surface area is 176 Å². The minimum atomic E-state index is -0.513. The fourth-order valence-corrected chi connectivity index (χ4v) is 4.14. The van der Waals surface area contributed by atoms with E-state index >= 15 is 0 Å². The SMILES string of the molecule is Cc1c(N2C(=O)S/C(=C\c3ccc(Cl)cc3)C2=O)c(=O)n(-c2ccccc2)n1C. The standard InChI is InChI=1S/C21H16ClN3O3S/c1-13-18(20(27)25(23(13)2)16-6-4-3-5-7-16)24-19(26)17(29-21(24)28)12-14-8-10-15(22)11-9-14/h3-12H,1-2H3/b17-12-. The lowest BCUT2D eigenvalue weighted by atomic mass is 10.2. The van der Waals surface area contributed by atoms with Gasteiger partial charge in [0, 0.05) is 12.1 Å². The summed E-state index contributed by atoms with van der Waals surface area (Å²) in [4.78, 5) is 40.0. The molecule has 1 saturated heterocycles. The molecule has 1 aliphatic rings. The van der Waals surface area contributed by atoms with Crippen LogP contribution in [0.2, 0.25) is 5.02 Å². The highest BCUT2D eigenvalue weighted by Gasteiger charge is 2.40. The van der Waals surface area contributed by atoms with Gasteiger partial charge < -0.3 is 0 Å². The van der Waals surface area contributed by atoms with Gasteiger partial charge in [-0.1, -0.05) is 41.9 Å². The van der Waals surface area contributed by atoms with Crippen LogP contribution in [0.3, 0.4) is 0 Å². The zero-order valence-corrected chi connectivity index (χ0v) is 17.2. The molecule has 2 amide bonds. The molecular weight excluding hydrogens is 410 g/mol. The van der Waals surface area contributed by atoms with Crippen LogP contribution in [0.4, 0.5) is 10.5 Å². The number of carbonyl (C=O) groups is 2. The summed E-state index contributed by atoms with van der Waals surface area (Å²) in [6, 6.07) is 16.0. The Hall–Kier alpha value is -3.03. The summed E-state index contributed by atoms with van der Waals surface area (Å²) < 4.78 is 3.08. The third-order valence-electron chi connectivity index (χ3n) is 4.71. The first kappa shape index (κ1) is 19.3. The molecule has 0 unspecified atom stereocenters. The number of halogens is 1. The van der Waals surface area contributed by atoms with Gasteiger partial charge in [0.2, 0.25) is 0 Å². The Kier molecular flexibility index (Phi) is 4.94. The molecule has 0 N–H and O–H groups in total. The maximum absolute atomic E-state index is 13.1. The summed E-state index contributed by atoms with van der Waals surface area (Å²) in [5.41, 5.74) is 1.56. The highest BCUT2D eigenvalue weighted by molar-refractivity contribution is 8.19. The predicted octanol–water partition coefficient (Wildman–Crippen LogP) is 4.38. The number of anilines is 1. The van der Waals surface area contributed by atoms with Crippen LogP contribution in [0.5, 0.6) is 0 Å². The highest BCUT2D eigenvalue weighted by Crippen LogP contribution is 2.36. The first-order valence-electron chi connectivity index (χ1n) is 8.76. The van der Waals surface area contributed by atoms with E-state index in [1.54, 1.807) is 61.1 Å². The average molecular weight is 426 g/mol. The van der Waals surface area contributed by atoms with Crippen molar-refractivity contribution in [2.45, 2.75) is 6.92 Å². The number of benzene rings is 2. The molecule has 6 nitrogen and oxygen atoms in total. The Morgan fingerprint density at radius 2 is 1.62 bits per heavy atom. The molecule has 29 heavy (non-hydrogen) atoms. The summed E-state index contributed by atoms with van der Waals surface area (Å²) in [5, 5.41) is 0.0813. The lowest BCUT2D eigenvalue weighted by molar-refractivity contribution is -0.113. The van der Waals surface area contributed by atoms with Crippen molar-refractivity contribution in [3.8, 4) is 5.69 Å². The van der Waals surface area contributed by atoms with Crippen molar-refractivity contribution in [3.63, 3.8) is 0 Å². The van der Waals surface area contributed by atoms with Crippen LogP contribution in [0.15, 0.2) is 64.3 Å². The van der Waals surface area contributed by atoms with E-state index in [2.05, 4.69) is 0 Å². The third kappa shape index (κ3) is 3.32. The van der Waals surface area contributed by atoms with E-state index in [1.807, 2.05) is 18.2 Å². The van der Waals surface area contributed by atoms with Gasteiger partial charge in [0.15, 0.2) is 0 Å². The van der Waals surface area contributed by atoms with Crippen molar-refractivity contribution in [1.82, 2.24) is 9.36 Å². The molecule has 4 rings (SSSR count). The first-order valence-corrected chi connectivity index (χ1v) is 9.95. The van der Waals surface area contributed by atoms with Crippen molar-refractivity contribution < 1.29 is 9.59 Å². The Morgan fingerprint density at radius 1 is 0.966 bits per heavy atom. The van der Waals surface area contributed by atoms with Crippen LogP contribution in [0.1, 0.15) is 11.3 Å². The van der Waals surface area contributed by atoms with Crippen LogP contribution >= 0.6 is 23.4 Å². The number of carbonyl (C=O) groups excluding carboxylic acids is 2. The predicted molar refractivity (Wildman–Crippen MR) is 116 cm³/mol. The second-order valence-electron chi connectivity index (χ2n) is 6.48. The lowest BCUT2D eigenvalue weighted by Crippen LogP contribution is -2.33. The topological polar surface area (TPSA) is 64.3 Å². The van der Waals surface area contributed by atoms with E-state index in [0.717, 1.165) is 22.2 Å². The fraction of sp³-hybridized carbons (Fsp3) is 0.0952. The number of hydrogen-bond acceptors (Lipinski definition) is 4. The molecule has 1 fully saturated rings. The van der Waals surface area contributed by atoms with Gasteiger partial charge in [-0.2, -0.15) is 0 Å². The largest absolute Gasteiger partial charge is 0.298 e. The smallest absolute Gasteiger partial charge is 0.283 e. The normalized spacial score (nSPS) is 15.6. The molecule has 0 saturated carbocycles. The minimum absolute atomic E-state index is 0.0679. The number of thioether (sulfide) groups is 1. The summed E-state index contributed by atoms with van der Waals surface area (Å²) in [6.45, 7) is 1.71. The molecule has 1 aliphatic heterocycles. The fourth-order valence-electron chi connectivity index (χ4n) is 3.18. The number of amides is 2. The Morgan fingerprint density at radius 3 is 2.28 bits per heavy atom. The molecular formula is C21H16ClN3O3S. The van der Waals surface area contributed by atoms with Gasteiger partial charge in [0.05, 0.1) is 16.3 Å². The number of para-hydroxylation sites is 1. The summed E-state index contributed by atoms with van der Waals surface area (Å²) in [7, 11) is 1.72. The number of rotatable bonds is 3. The first-order chi connectivity index (χ1) is 13.9. The van der Waals surface area contributed by atoms with E-state index in [1.165, 1.54) is 4.68 Å². The number of nitrogens with zero attached hydrogens (tertiary/aromatic N) is 3. The van der Waals surface area contributed by atoms with E-state index in [4.69, 9.17) is 11.6 Å². The summed E-state index contributed by atoms with van der Waals surface area (Å²) in [5.74, 6) is -0.513. The van der Waals surface area contributed by atoms with E-state index in [0.29, 0.717) is 16.4 Å². The molecule has 2 heterocycles. The van der Waals surface area contributed by atoms with E-state index < -0.39 is 16.7 Å². The molecule has 0 spiro atoms. The molecule has 8 heteroatoms. The van der Waals surface area contributed by atoms with Gasteiger partial charge in [-0.15, -0.1) is 0 Å². The van der Waals surface area contributed by atoms with E-state index in [9.17, 15) is 14.4 Å². The van der Waals surface area contributed by atoms with Crippen molar-refractivity contribution >= 4 is 46.3 Å². The number of aromatic nitrogens is 2. The zero-order valence-electron chi connectivity index (χ0n) is 15.6. The van der Waals surface area contributed by atoms with Crippen molar-refractivity contribution in [2.24, 2.45) is 7.05 Å².